The summed E-state index contributed by atoms with van der Waals surface area (Å²) in [5.74, 6) is -1.07. The molecule has 1 aromatic heterocycles. The van der Waals surface area contributed by atoms with Crippen LogP contribution < -0.4 is 4.74 Å². The van der Waals surface area contributed by atoms with E-state index in [1.807, 2.05) is 0 Å². The van der Waals surface area contributed by atoms with Crippen LogP contribution in [0.5, 0.6) is 5.88 Å². The number of nitrogens with zero attached hydrogens (tertiary/aromatic N) is 2. The molecule has 1 atom stereocenters. The Labute approximate surface area is 108 Å². The molecule has 1 aromatic rings. The van der Waals surface area contributed by atoms with Gasteiger partial charge in [-0.05, 0) is 6.92 Å². The number of carboxylic acids is 1. The van der Waals surface area contributed by atoms with E-state index in [1.165, 1.54) is 10.7 Å². The summed E-state index contributed by atoms with van der Waals surface area (Å²) in [4.78, 5) is 21.7. The summed E-state index contributed by atoms with van der Waals surface area (Å²) in [6, 6.07) is 1.50. The Morgan fingerprint density at radius 2 is 2.42 bits per heavy atom. The lowest BCUT2D eigenvalue weighted by Crippen LogP contribution is -2.24. The molecule has 8 heteroatoms. The minimum atomic E-state index is -1.03. The smallest absolute Gasteiger partial charge is 0.358 e. The molecule has 0 bridgehead atoms. The Morgan fingerprint density at radius 3 is 3.05 bits per heavy atom. The van der Waals surface area contributed by atoms with Crippen LogP contribution in [-0.4, -0.2) is 52.8 Å². The van der Waals surface area contributed by atoms with Crippen molar-refractivity contribution in [2.75, 3.05) is 19.8 Å². The van der Waals surface area contributed by atoms with E-state index >= 15 is 0 Å². The molecule has 1 aliphatic heterocycles. The number of ether oxygens (including phenoxy) is 3. The van der Waals surface area contributed by atoms with Gasteiger partial charge in [-0.2, -0.15) is 5.10 Å². The minimum Gasteiger partial charge on any atom is -0.480 e. The third-order valence-electron chi connectivity index (χ3n) is 2.42. The van der Waals surface area contributed by atoms with E-state index in [0.717, 1.165) is 0 Å². The SMILES string of the molecule is CCOC(=O)c1cc2n(n1)CC(COCC(=O)O)O2. The van der Waals surface area contributed by atoms with Crippen molar-refractivity contribution in [3.05, 3.63) is 11.8 Å². The molecule has 1 unspecified atom stereocenters. The van der Waals surface area contributed by atoms with Gasteiger partial charge in [0.05, 0.1) is 19.8 Å². The van der Waals surface area contributed by atoms with Gasteiger partial charge in [0, 0.05) is 6.07 Å². The zero-order valence-electron chi connectivity index (χ0n) is 10.4. The highest BCUT2D eigenvalue weighted by Crippen LogP contribution is 2.23. The lowest BCUT2D eigenvalue weighted by atomic mass is 10.4. The summed E-state index contributed by atoms with van der Waals surface area (Å²) in [6.45, 7) is 2.20. The molecule has 104 valence electrons. The summed E-state index contributed by atoms with van der Waals surface area (Å²) in [5, 5.41) is 12.5. The van der Waals surface area contributed by atoms with Gasteiger partial charge in [0.15, 0.2) is 5.69 Å². The number of carboxylic acid groups (broad SMARTS) is 1. The molecule has 0 aliphatic carbocycles. The van der Waals surface area contributed by atoms with Gasteiger partial charge in [0.2, 0.25) is 5.88 Å². The number of rotatable bonds is 6. The topological polar surface area (TPSA) is 99.9 Å². The van der Waals surface area contributed by atoms with Crippen LogP contribution in [0.1, 0.15) is 17.4 Å². The number of esters is 1. The maximum absolute atomic E-state index is 11.4. The number of aromatic nitrogens is 2. The second-order valence-electron chi connectivity index (χ2n) is 3.92. The van der Waals surface area contributed by atoms with Crippen molar-refractivity contribution in [1.29, 1.82) is 0 Å². The highest BCUT2D eigenvalue weighted by Gasteiger charge is 2.27. The van der Waals surface area contributed by atoms with Crippen molar-refractivity contribution in [3.63, 3.8) is 0 Å². The van der Waals surface area contributed by atoms with Gasteiger partial charge in [0.25, 0.3) is 0 Å². The van der Waals surface area contributed by atoms with Crippen molar-refractivity contribution < 1.29 is 28.9 Å². The maximum atomic E-state index is 11.4. The van der Waals surface area contributed by atoms with Gasteiger partial charge in [-0.25, -0.2) is 14.3 Å². The molecule has 0 spiro atoms. The zero-order valence-corrected chi connectivity index (χ0v) is 10.4. The molecule has 8 nitrogen and oxygen atoms in total. The molecule has 2 heterocycles. The lowest BCUT2D eigenvalue weighted by molar-refractivity contribution is -0.142. The van der Waals surface area contributed by atoms with Crippen molar-refractivity contribution in [2.24, 2.45) is 0 Å². The quantitative estimate of drug-likeness (QED) is 0.722. The average molecular weight is 270 g/mol. The first-order chi connectivity index (χ1) is 9.10. The molecule has 19 heavy (non-hydrogen) atoms. The van der Waals surface area contributed by atoms with Crippen LogP contribution in [0.3, 0.4) is 0 Å². The van der Waals surface area contributed by atoms with Crippen LogP contribution in [-0.2, 0) is 20.8 Å². The largest absolute Gasteiger partial charge is 0.480 e. The molecule has 0 saturated heterocycles. The van der Waals surface area contributed by atoms with E-state index in [1.54, 1.807) is 6.92 Å². The van der Waals surface area contributed by atoms with E-state index in [9.17, 15) is 9.59 Å². The number of carbonyl (C=O) groups excluding carboxylic acids is 1. The van der Waals surface area contributed by atoms with Crippen molar-refractivity contribution >= 4 is 11.9 Å². The molecule has 0 aromatic carbocycles. The van der Waals surface area contributed by atoms with Gasteiger partial charge < -0.3 is 19.3 Å². The monoisotopic (exact) mass is 270 g/mol. The number of hydrogen-bond donors (Lipinski definition) is 1. The predicted octanol–water partition coefficient (Wildman–Crippen LogP) is -0.0780. The van der Waals surface area contributed by atoms with E-state index in [0.29, 0.717) is 12.4 Å². The summed E-state index contributed by atoms with van der Waals surface area (Å²) in [7, 11) is 0. The summed E-state index contributed by atoms with van der Waals surface area (Å²) >= 11 is 0. The zero-order chi connectivity index (χ0) is 13.8. The van der Waals surface area contributed by atoms with Gasteiger partial charge >= 0.3 is 11.9 Å². The maximum Gasteiger partial charge on any atom is 0.358 e. The van der Waals surface area contributed by atoms with E-state index < -0.39 is 11.9 Å². The fourth-order valence-corrected chi connectivity index (χ4v) is 1.70. The number of aliphatic carboxylic acids is 1. The molecule has 2 rings (SSSR count). The number of carbonyl (C=O) groups is 2. The molecule has 0 amide bonds. The number of fused-ring (bicyclic) bond motifs is 1. The fraction of sp³-hybridized carbons (Fsp3) is 0.545. The van der Waals surface area contributed by atoms with Crippen LogP contribution in [0.2, 0.25) is 0 Å². The van der Waals surface area contributed by atoms with Crippen LogP contribution in [0.4, 0.5) is 0 Å². The molecular formula is C11H14N2O6. The Bertz CT molecular complexity index is 460. The van der Waals surface area contributed by atoms with E-state index in [4.69, 9.17) is 19.3 Å². The van der Waals surface area contributed by atoms with Crippen LogP contribution in [0, 0.1) is 0 Å². The number of hydrogen-bond acceptors (Lipinski definition) is 6. The average Bonchev–Trinajstić information content (AvgIpc) is 2.86. The third kappa shape index (κ3) is 3.22. The van der Waals surface area contributed by atoms with Crippen LogP contribution in [0.15, 0.2) is 6.07 Å². The minimum absolute atomic E-state index is 0.157. The second kappa shape index (κ2) is 5.70. The predicted molar refractivity (Wildman–Crippen MR) is 61.1 cm³/mol. The van der Waals surface area contributed by atoms with Gasteiger partial charge in [-0.1, -0.05) is 0 Å². The molecule has 1 N–H and O–H groups in total. The first-order valence-corrected chi connectivity index (χ1v) is 5.81. The summed E-state index contributed by atoms with van der Waals surface area (Å²) in [6.07, 6.45) is -0.293. The molecule has 0 saturated carbocycles. The van der Waals surface area contributed by atoms with E-state index in [-0.39, 0.29) is 31.6 Å². The molecular weight excluding hydrogens is 256 g/mol. The van der Waals surface area contributed by atoms with Gasteiger partial charge in [0.1, 0.15) is 12.7 Å². The summed E-state index contributed by atoms with van der Waals surface area (Å²) in [5.41, 5.74) is 0.196. The molecule has 0 radical (unpaired) electrons. The lowest BCUT2D eigenvalue weighted by Gasteiger charge is -2.08. The first kappa shape index (κ1) is 13.3. The van der Waals surface area contributed by atoms with E-state index in [2.05, 4.69) is 5.10 Å². The van der Waals surface area contributed by atoms with Crippen LogP contribution in [0.25, 0.3) is 0 Å². The fourth-order valence-electron chi connectivity index (χ4n) is 1.70. The van der Waals surface area contributed by atoms with Gasteiger partial charge in [-0.15, -0.1) is 0 Å². The standard InChI is InChI=1S/C11H14N2O6/c1-2-18-11(16)8-3-9-13(12-8)4-7(19-9)5-17-6-10(14)15/h3,7H,2,4-6H2,1H3,(H,14,15). The highest BCUT2D eigenvalue weighted by molar-refractivity contribution is 5.87. The molecule has 1 aliphatic rings. The summed E-state index contributed by atoms with van der Waals surface area (Å²) < 4.78 is 16.8. The van der Waals surface area contributed by atoms with Gasteiger partial charge in [-0.3, -0.25) is 0 Å². The second-order valence-corrected chi connectivity index (χ2v) is 3.92. The Kier molecular flexibility index (Phi) is 4.00. The highest BCUT2D eigenvalue weighted by atomic mass is 16.6. The van der Waals surface area contributed by atoms with Crippen molar-refractivity contribution in [1.82, 2.24) is 9.78 Å². The van der Waals surface area contributed by atoms with Crippen molar-refractivity contribution in [2.45, 2.75) is 19.6 Å². The normalized spacial score (nSPS) is 16.8. The van der Waals surface area contributed by atoms with Crippen LogP contribution >= 0.6 is 0 Å². The Hall–Kier alpha value is -2.09. The Balaban J connectivity index is 1.86. The first-order valence-electron chi connectivity index (χ1n) is 5.81. The molecule has 0 fully saturated rings. The van der Waals surface area contributed by atoms with Crippen molar-refractivity contribution in [3.8, 4) is 5.88 Å². The third-order valence-corrected chi connectivity index (χ3v) is 2.42. The Morgan fingerprint density at radius 1 is 1.63 bits per heavy atom.